The van der Waals surface area contributed by atoms with Crippen molar-refractivity contribution < 1.29 is 52.6 Å². The molecule has 0 radical (unpaired) electrons. The number of allylic oxidation sites excluding steroid dienone is 3. The third-order valence-corrected chi connectivity index (χ3v) is 11.2. The molecule has 0 saturated carbocycles. The summed E-state index contributed by atoms with van der Waals surface area (Å²) in [4.78, 5) is 26.9. The van der Waals surface area contributed by atoms with Gasteiger partial charge in [-0.25, -0.2) is 4.79 Å². The molecule has 2 fully saturated rings. The highest BCUT2D eigenvalue weighted by Gasteiger charge is 2.42. The Hall–Kier alpha value is -2.55. The van der Waals surface area contributed by atoms with Gasteiger partial charge in [0.2, 0.25) is 0 Å². The first-order chi connectivity index (χ1) is 28.0. The third-order valence-electron chi connectivity index (χ3n) is 11.2. The highest BCUT2D eigenvalue weighted by atomic mass is 16.8. The molecule has 2 rings (SSSR count). The van der Waals surface area contributed by atoms with Gasteiger partial charge in [0.05, 0.1) is 50.6 Å². The first kappa shape index (κ1) is 52.6. The fraction of sp³-hybridized carbons (Fsp3) is 0.867. The van der Waals surface area contributed by atoms with Gasteiger partial charge in [0.25, 0.3) is 0 Å². The van der Waals surface area contributed by atoms with Gasteiger partial charge in [-0.1, -0.05) is 84.1 Å². The summed E-state index contributed by atoms with van der Waals surface area (Å²) in [6, 6.07) is 0. The number of carboxylic acids is 1. The number of azide groups is 1. The lowest BCUT2D eigenvalue weighted by molar-refractivity contribution is -0.305. The first-order valence-corrected chi connectivity index (χ1v) is 22.0. The van der Waals surface area contributed by atoms with E-state index in [9.17, 15) is 14.7 Å². The van der Waals surface area contributed by atoms with Crippen molar-refractivity contribution >= 4 is 11.9 Å². The van der Waals surface area contributed by atoms with Crippen LogP contribution in [-0.2, 0) is 47.5 Å². The molecule has 59 heavy (non-hydrogen) atoms. The zero-order valence-electron chi connectivity index (χ0n) is 38.1. The monoisotopic (exact) mass is 838 g/mol. The molecule has 340 valence electrons. The van der Waals surface area contributed by atoms with Crippen molar-refractivity contribution in [3.8, 4) is 0 Å². The van der Waals surface area contributed by atoms with Gasteiger partial charge < -0.3 is 43.0 Å². The van der Waals surface area contributed by atoms with Gasteiger partial charge in [-0.05, 0) is 88.2 Å². The van der Waals surface area contributed by atoms with E-state index in [-0.39, 0.29) is 43.0 Å². The molecular weight excluding hydrogens is 759 g/mol. The van der Waals surface area contributed by atoms with E-state index < -0.39 is 29.6 Å². The number of aliphatic carboxylic acids is 1. The number of methoxy groups -OCH3 is 2. The number of nitrogens with zero attached hydrogens (tertiary/aromatic N) is 3. The highest BCUT2D eigenvalue weighted by molar-refractivity contribution is 5.79. The average molecular weight is 838 g/mol. The molecule has 2 saturated heterocycles. The summed E-state index contributed by atoms with van der Waals surface area (Å²) in [7, 11) is 3.27. The van der Waals surface area contributed by atoms with E-state index in [2.05, 4.69) is 55.9 Å². The largest absolute Gasteiger partial charge is 0.479 e. The fourth-order valence-electron chi connectivity index (χ4n) is 7.84. The van der Waals surface area contributed by atoms with Crippen molar-refractivity contribution in [2.45, 2.75) is 181 Å². The van der Waals surface area contributed by atoms with Crippen LogP contribution >= 0.6 is 0 Å². The second kappa shape index (κ2) is 27.4. The Morgan fingerprint density at radius 3 is 2.29 bits per heavy atom. The van der Waals surface area contributed by atoms with E-state index in [0.29, 0.717) is 57.3 Å². The average Bonchev–Trinajstić information content (AvgIpc) is 3.48. The van der Waals surface area contributed by atoms with Crippen LogP contribution in [0, 0.1) is 23.2 Å². The Bertz CT molecular complexity index is 1320. The van der Waals surface area contributed by atoms with E-state index in [1.54, 1.807) is 14.2 Å². The van der Waals surface area contributed by atoms with Crippen molar-refractivity contribution in [3.05, 3.63) is 34.2 Å². The standard InChI is InChI=1S/C45H79N3O11/c1-11-17-39(41(49)50)57-42(51)34(4)26-33(3)18-13-14-24-45(55-30-43(5,6)31-56-45)25-16-21-35(12-2)19-15-20-36(29-52-9)22-23-38-40(59-44(7,8)58-38)27-37(28-47-48-46)54-32-53-10/h15,19-20,33-35,37-40H,11-14,16-18,21-32H2,1-10H3,(H,49,50)/b19-15+,36-20-/t33-,34+,35+,37+,38-,39+,40+/m1/s1. The van der Waals surface area contributed by atoms with Crippen molar-refractivity contribution in [2.75, 3.05) is 47.4 Å². The molecule has 0 aliphatic carbocycles. The van der Waals surface area contributed by atoms with Crippen LogP contribution in [0.3, 0.4) is 0 Å². The van der Waals surface area contributed by atoms with Gasteiger partial charge in [0, 0.05) is 43.8 Å². The molecule has 0 aromatic rings. The third kappa shape index (κ3) is 20.7. The number of esters is 1. The fourth-order valence-corrected chi connectivity index (χ4v) is 7.84. The maximum Gasteiger partial charge on any atom is 0.345 e. The van der Waals surface area contributed by atoms with Crippen molar-refractivity contribution in [1.82, 2.24) is 0 Å². The summed E-state index contributed by atoms with van der Waals surface area (Å²) in [5, 5.41) is 13.1. The van der Waals surface area contributed by atoms with Crippen LogP contribution in [0.25, 0.3) is 10.4 Å². The minimum Gasteiger partial charge on any atom is -0.479 e. The highest BCUT2D eigenvalue weighted by Crippen LogP contribution is 2.38. The minimum atomic E-state index is -1.09. The smallest absolute Gasteiger partial charge is 0.345 e. The maximum absolute atomic E-state index is 12.6. The Morgan fingerprint density at radius 1 is 0.966 bits per heavy atom. The summed E-state index contributed by atoms with van der Waals surface area (Å²) in [6.07, 6.45) is 16.1. The van der Waals surface area contributed by atoms with E-state index >= 15 is 0 Å². The summed E-state index contributed by atoms with van der Waals surface area (Å²) in [6.45, 7) is 18.4. The number of carboxylic acid groups (broad SMARTS) is 1. The molecule has 14 nitrogen and oxygen atoms in total. The second-order valence-corrected chi connectivity index (χ2v) is 18.0. The lowest BCUT2D eigenvalue weighted by Crippen LogP contribution is -2.47. The predicted molar refractivity (Wildman–Crippen MR) is 227 cm³/mol. The molecule has 0 unspecified atom stereocenters. The summed E-state index contributed by atoms with van der Waals surface area (Å²) in [5.74, 6) is -2.49. The van der Waals surface area contributed by atoms with Gasteiger partial charge in [-0.2, -0.15) is 0 Å². The number of carbonyl (C=O) groups is 2. The number of unbranched alkanes of at least 4 members (excludes halogenated alkanes) is 1. The second-order valence-electron chi connectivity index (χ2n) is 18.0. The van der Waals surface area contributed by atoms with Crippen LogP contribution in [0.15, 0.2) is 28.9 Å². The molecule has 0 aromatic carbocycles. The predicted octanol–water partition coefficient (Wildman–Crippen LogP) is 10.1. The molecule has 2 heterocycles. The topological polar surface area (TPSA) is 177 Å². The Kier molecular flexibility index (Phi) is 24.4. The van der Waals surface area contributed by atoms with Crippen LogP contribution in [0.2, 0.25) is 0 Å². The minimum absolute atomic E-state index is 0.0253. The van der Waals surface area contributed by atoms with E-state index in [4.69, 9.17) is 43.4 Å². The summed E-state index contributed by atoms with van der Waals surface area (Å²) >= 11 is 0. The number of hydrogen-bond acceptors (Lipinski definition) is 11. The SMILES string of the molecule is CCC[C@H](OC(=O)[C@@H](C)C[C@H](C)CCCCC1(CCC[C@H](/C=C/C=C(/CC[C@H]2OC(C)(C)O[C@H]2C[C@@H](CN=[N+]=[N-])OCOC)COC)CC)OCC(C)(C)CO1)C(=O)O. The van der Waals surface area contributed by atoms with Crippen molar-refractivity contribution in [3.63, 3.8) is 0 Å². The molecule has 0 spiro atoms. The maximum atomic E-state index is 12.6. The normalized spacial score (nSPS) is 22.6. The van der Waals surface area contributed by atoms with E-state index in [1.165, 1.54) is 5.57 Å². The van der Waals surface area contributed by atoms with Crippen molar-refractivity contribution in [2.24, 2.45) is 28.3 Å². The quantitative estimate of drug-likeness (QED) is 0.0134. The molecule has 14 heteroatoms. The van der Waals surface area contributed by atoms with Gasteiger partial charge in [0.1, 0.15) is 6.79 Å². The Balaban J connectivity index is 1.94. The molecule has 7 atom stereocenters. The van der Waals surface area contributed by atoms with Gasteiger partial charge in [0.15, 0.2) is 17.7 Å². The molecule has 2 aliphatic heterocycles. The van der Waals surface area contributed by atoms with Gasteiger partial charge in [-0.3, -0.25) is 4.79 Å². The summed E-state index contributed by atoms with van der Waals surface area (Å²) in [5.41, 5.74) is 9.99. The zero-order chi connectivity index (χ0) is 43.9. The molecule has 1 N–H and O–H groups in total. The number of rotatable bonds is 31. The van der Waals surface area contributed by atoms with Crippen LogP contribution in [-0.4, -0.2) is 100 Å². The van der Waals surface area contributed by atoms with Crippen LogP contribution in [0.5, 0.6) is 0 Å². The Labute approximate surface area is 355 Å². The van der Waals surface area contributed by atoms with Gasteiger partial charge in [-0.15, -0.1) is 0 Å². The van der Waals surface area contributed by atoms with E-state index in [1.807, 2.05) is 27.7 Å². The van der Waals surface area contributed by atoms with Crippen LogP contribution in [0.4, 0.5) is 0 Å². The van der Waals surface area contributed by atoms with Crippen LogP contribution in [0.1, 0.15) is 145 Å². The lowest BCUT2D eigenvalue weighted by atomic mass is 9.89. The van der Waals surface area contributed by atoms with Crippen molar-refractivity contribution in [1.29, 1.82) is 0 Å². The molecule has 0 amide bonds. The molecule has 2 aliphatic rings. The zero-order valence-corrected chi connectivity index (χ0v) is 38.1. The molecular formula is C45H79N3O11. The number of hydrogen-bond donors (Lipinski definition) is 1. The number of ether oxygens (including phenoxy) is 8. The first-order valence-electron chi connectivity index (χ1n) is 22.0. The van der Waals surface area contributed by atoms with E-state index in [0.717, 1.165) is 64.2 Å². The summed E-state index contributed by atoms with van der Waals surface area (Å²) < 4.78 is 47.4. The Morgan fingerprint density at radius 2 is 1.66 bits per heavy atom. The van der Waals surface area contributed by atoms with Gasteiger partial charge >= 0.3 is 11.9 Å². The molecule has 0 bridgehead atoms. The lowest BCUT2D eigenvalue weighted by Gasteiger charge is -2.44. The number of carbonyl (C=O) groups excluding carboxylic acids is 1. The van der Waals surface area contributed by atoms with Crippen LogP contribution < -0.4 is 0 Å². The molecule has 0 aromatic heterocycles.